The van der Waals surface area contributed by atoms with E-state index in [1.54, 1.807) is 0 Å². The molecular weight excluding hydrogens is 301 g/mol. The fourth-order valence-corrected chi connectivity index (χ4v) is 4.06. The number of rotatable bonds is 3. The lowest BCUT2D eigenvalue weighted by Crippen LogP contribution is -2.53. The van der Waals surface area contributed by atoms with Crippen molar-refractivity contribution in [2.24, 2.45) is 17.6 Å². The first-order valence-corrected chi connectivity index (χ1v) is 7.96. The van der Waals surface area contributed by atoms with Crippen LogP contribution in [0.4, 0.5) is 10.1 Å². The van der Waals surface area contributed by atoms with Crippen molar-refractivity contribution in [3.63, 3.8) is 0 Å². The summed E-state index contributed by atoms with van der Waals surface area (Å²) in [6.07, 6.45) is 4.95. The highest BCUT2D eigenvalue weighted by Gasteiger charge is 2.40. The Kier molecular flexibility index (Phi) is 4.30. The van der Waals surface area contributed by atoms with Crippen molar-refractivity contribution in [3.8, 4) is 0 Å². The lowest BCUT2D eigenvalue weighted by atomic mass is 9.67. The molecule has 1 aromatic rings. The molecule has 3 N–H and O–H groups in total. The van der Waals surface area contributed by atoms with Gasteiger partial charge in [-0.1, -0.05) is 6.42 Å². The lowest BCUT2D eigenvalue weighted by molar-refractivity contribution is -0.385. The Morgan fingerprint density at radius 3 is 2.52 bits per heavy atom. The van der Waals surface area contributed by atoms with E-state index in [0.717, 1.165) is 44.2 Å². The minimum Gasteiger partial charge on any atom is -0.349 e. The smallest absolute Gasteiger partial charge is 0.272 e. The second-order valence-corrected chi connectivity index (χ2v) is 6.60. The Hall–Kier alpha value is -2.02. The molecule has 0 spiro atoms. The number of nitrogens with one attached hydrogen (secondary N) is 1. The van der Waals surface area contributed by atoms with Crippen molar-refractivity contribution in [3.05, 3.63) is 39.7 Å². The minimum atomic E-state index is -0.866. The van der Waals surface area contributed by atoms with Gasteiger partial charge in [-0.15, -0.1) is 0 Å². The molecule has 0 radical (unpaired) electrons. The summed E-state index contributed by atoms with van der Waals surface area (Å²) in [6.45, 7) is 0. The average Bonchev–Trinajstić information content (AvgIpc) is 2.47. The van der Waals surface area contributed by atoms with Gasteiger partial charge in [-0.05, 0) is 43.6 Å². The van der Waals surface area contributed by atoms with Gasteiger partial charge in [-0.2, -0.15) is 0 Å². The maximum absolute atomic E-state index is 14.0. The van der Waals surface area contributed by atoms with Crippen molar-refractivity contribution in [1.82, 2.24) is 5.32 Å². The number of amides is 1. The highest BCUT2D eigenvalue weighted by atomic mass is 19.1. The number of hydrogen-bond acceptors (Lipinski definition) is 4. The first-order chi connectivity index (χ1) is 11.0. The molecule has 2 aliphatic carbocycles. The van der Waals surface area contributed by atoms with Gasteiger partial charge in [0.15, 0.2) is 0 Å². The van der Waals surface area contributed by atoms with E-state index in [-0.39, 0.29) is 23.3 Å². The summed E-state index contributed by atoms with van der Waals surface area (Å²) in [4.78, 5) is 22.3. The molecule has 2 saturated carbocycles. The molecule has 1 aromatic carbocycles. The van der Waals surface area contributed by atoms with Crippen LogP contribution in [0.5, 0.6) is 0 Å². The first-order valence-electron chi connectivity index (χ1n) is 7.96. The predicted octanol–water partition coefficient (Wildman–Crippen LogP) is 2.37. The van der Waals surface area contributed by atoms with E-state index in [9.17, 15) is 19.3 Å². The van der Waals surface area contributed by atoms with Crippen LogP contribution in [0.25, 0.3) is 0 Å². The zero-order chi connectivity index (χ0) is 16.6. The number of nitro groups is 1. The van der Waals surface area contributed by atoms with Crippen molar-refractivity contribution in [1.29, 1.82) is 0 Å². The summed E-state index contributed by atoms with van der Waals surface area (Å²) in [5.41, 5.74) is 5.55. The van der Waals surface area contributed by atoms with E-state index in [2.05, 4.69) is 5.32 Å². The van der Waals surface area contributed by atoms with Crippen LogP contribution < -0.4 is 11.1 Å². The number of halogens is 1. The molecule has 2 aliphatic rings. The number of nitro benzene ring substituents is 1. The van der Waals surface area contributed by atoms with Gasteiger partial charge < -0.3 is 11.1 Å². The number of fused-ring (bicyclic) bond motifs is 2. The number of carbonyl (C=O) groups excluding carboxylic acids is 1. The third kappa shape index (κ3) is 3.19. The van der Waals surface area contributed by atoms with Crippen molar-refractivity contribution in [2.75, 3.05) is 0 Å². The van der Waals surface area contributed by atoms with Crippen molar-refractivity contribution >= 4 is 11.6 Å². The maximum atomic E-state index is 14.0. The van der Waals surface area contributed by atoms with Gasteiger partial charge in [0, 0.05) is 18.2 Å². The van der Waals surface area contributed by atoms with E-state index in [4.69, 9.17) is 5.73 Å². The molecule has 2 atom stereocenters. The van der Waals surface area contributed by atoms with Crippen LogP contribution in [0, 0.1) is 27.8 Å². The topological polar surface area (TPSA) is 98.3 Å². The van der Waals surface area contributed by atoms with Gasteiger partial charge in [0.1, 0.15) is 5.82 Å². The molecule has 23 heavy (non-hydrogen) atoms. The number of nitrogens with zero attached hydrogens (tertiary/aromatic N) is 1. The Labute approximate surface area is 133 Å². The molecule has 3 rings (SSSR count). The SMILES string of the molecule is NC1CC2CCCC(C1)C2NC(=O)c1ccc([N+](=O)[O-])cc1F. The van der Waals surface area contributed by atoms with Crippen LogP contribution in [-0.2, 0) is 0 Å². The summed E-state index contributed by atoms with van der Waals surface area (Å²) in [6, 6.07) is 3.30. The second kappa shape index (κ2) is 6.23. The molecule has 6 nitrogen and oxygen atoms in total. The van der Waals surface area contributed by atoms with Crippen LogP contribution in [0.2, 0.25) is 0 Å². The summed E-state index contributed by atoms with van der Waals surface area (Å²) in [5.74, 6) is -0.700. The van der Waals surface area contributed by atoms with E-state index in [1.807, 2.05) is 0 Å². The molecule has 0 aliphatic heterocycles. The van der Waals surface area contributed by atoms with E-state index in [1.165, 1.54) is 6.07 Å². The Bertz CT molecular complexity index is 623. The number of benzene rings is 1. The van der Waals surface area contributed by atoms with Gasteiger partial charge >= 0.3 is 0 Å². The van der Waals surface area contributed by atoms with Gasteiger partial charge in [0.05, 0.1) is 16.6 Å². The summed E-state index contributed by atoms with van der Waals surface area (Å²) in [7, 11) is 0. The lowest BCUT2D eigenvalue weighted by Gasteiger charge is -2.45. The Balaban J connectivity index is 1.75. The molecule has 1 amide bonds. The monoisotopic (exact) mass is 321 g/mol. The molecule has 124 valence electrons. The largest absolute Gasteiger partial charge is 0.349 e. The Morgan fingerprint density at radius 2 is 1.96 bits per heavy atom. The molecule has 2 bridgehead atoms. The molecule has 0 heterocycles. The van der Waals surface area contributed by atoms with Crippen LogP contribution in [0.3, 0.4) is 0 Å². The molecule has 7 heteroatoms. The maximum Gasteiger partial charge on any atom is 0.272 e. The number of non-ortho nitro benzene ring substituents is 1. The van der Waals surface area contributed by atoms with Crippen LogP contribution in [0.15, 0.2) is 18.2 Å². The fraction of sp³-hybridized carbons (Fsp3) is 0.562. The Morgan fingerprint density at radius 1 is 1.30 bits per heavy atom. The summed E-state index contributed by atoms with van der Waals surface area (Å²) >= 11 is 0. The molecule has 2 fully saturated rings. The number of hydrogen-bond donors (Lipinski definition) is 2. The van der Waals surface area contributed by atoms with Gasteiger partial charge in [0.25, 0.3) is 11.6 Å². The minimum absolute atomic E-state index is 0.0191. The third-order valence-electron chi connectivity index (χ3n) is 5.08. The number of nitrogens with two attached hydrogens (primary N) is 1. The normalized spacial score (nSPS) is 29.8. The third-order valence-corrected chi connectivity index (χ3v) is 5.08. The zero-order valence-corrected chi connectivity index (χ0v) is 12.7. The first kappa shape index (κ1) is 15.9. The molecule has 0 aromatic heterocycles. The molecule has 2 unspecified atom stereocenters. The zero-order valence-electron chi connectivity index (χ0n) is 12.7. The van der Waals surface area contributed by atoms with Gasteiger partial charge in [-0.3, -0.25) is 14.9 Å². The quantitative estimate of drug-likeness (QED) is 0.659. The average molecular weight is 321 g/mol. The summed E-state index contributed by atoms with van der Waals surface area (Å²) in [5, 5.41) is 13.6. The second-order valence-electron chi connectivity index (χ2n) is 6.60. The predicted molar refractivity (Wildman–Crippen MR) is 82.3 cm³/mol. The van der Waals surface area contributed by atoms with E-state index < -0.39 is 16.6 Å². The standard InChI is InChI=1S/C16H20FN3O3/c17-14-8-12(20(22)23)4-5-13(14)16(21)19-15-9-2-1-3-10(15)7-11(18)6-9/h4-5,8-11,15H,1-3,6-7,18H2,(H,19,21). The van der Waals surface area contributed by atoms with Crippen LogP contribution in [-0.4, -0.2) is 22.9 Å². The highest BCUT2D eigenvalue weighted by molar-refractivity contribution is 5.95. The van der Waals surface area contributed by atoms with E-state index in [0.29, 0.717) is 11.8 Å². The van der Waals surface area contributed by atoms with Gasteiger partial charge in [0.2, 0.25) is 0 Å². The van der Waals surface area contributed by atoms with Gasteiger partial charge in [-0.25, -0.2) is 4.39 Å². The molecule has 0 saturated heterocycles. The summed E-state index contributed by atoms with van der Waals surface area (Å²) < 4.78 is 14.0. The fourth-order valence-electron chi connectivity index (χ4n) is 4.06. The number of carbonyl (C=O) groups is 1. The van der Waals surface area contributed by atoms with Crippen molar-refractivity contribution in [2.45, 2.75) is 44.2 Å². The molecular formula is C16H20FN3O3. The van der Waals surface area contributed by atoms with Crippen LogP contribution in [0.1, 0.15) is 42.5 Å². The highest BCUT2D eigenvalue weighted by Crippen LogP contribution is 2.39. The van der Waals surface area contributed by atoms with Crippen LogP contribution >= 0.6 is 0 Å². The van der Waals surface area contributed by atoms with Crippen molar-refractivity contribution < 1.29 is 14.1 Å². The van der Waals surface area contributed by atoms with E-state index >= 15 is 0 Å².